The number of hydrogen-bond donors (Lipinski definition) is 1. The summed E-state index contributed by atoms with van der Waals surface area (Å²) in [6.07, 6.45) is 0. The first-order chi connectivity index (χ1) is 12.4. The van der Waals surface area contributed by atoms with Gasteiger partial charge in [-0.05, 0) is 43.7 Å². The molecule has 0 radical (unpaired) electrons. The number of nitrogens with zero attached hydrogens (tertiary/aromatic N) is 1. The van der Waals surface area contributed by atoms with Crippen molar-refractivity contribution in [3.8, 4) is 11.3 Å². The summed E-state index contributed by atoms with van der Waals surface area (Å²) in [7, 11) is 0. The Kier molecular flexibility index (Phi) is 6.24. The minimum Gasteiger partial charge on any atom is -0.325 e. The molecule has 0 unspecified atom stereocenters. The second kappa shape index (κ2) is 8.44. The maximum atomic E-state index is 12.2. The number of hydrogen-bond acceptors (Lipinski definition) is 4. The molecule has 0 spiro atoms. The number of carbonyl (C=O) groups is 1. The minimum atomic E-state index is -0.0526. The molecule has 1 heterocycles. The van der Waals surface area contributed by atoms with Crippen molar-refractivity contribution in [3.63, 3.8) is 0 Å². The van der Waals surface area contributed by atoms with Gasteiger partial charge in [0.2, 0.25) is 5.91 Å². The maximum Gasteiger partial charge on any atom is 0.234 e. The maximum absolute atomic E-state index is 12.2. The van der Waals surface area contributed by atoms with Crippen LogP contribution in [0.1, 0.15) is 11.1 Å². The van der Waals surface area contributed by atoms with Crippen molar-refractivity contribution in [3.05, 3.63) is 63.0 Å². The van der Waals surface area contributed by atoms with Gasteiger partial charge in [0.05, 0.1) is 16.5 Å². The Bertz CT molecular complexity index is 956. The Labute approximate surface area is 170 Å². The molecule has 3 nitrogen and oxygen atoms in total. The second-order valence-corrected chi connectivity index (χ2v) is 8.70. The van der Waals surface area contributed by atoms with Crippen molar-refractivity contribution >= 4 is 57.9 Å². The van der Waals surface area contributed by atoms with E-state index in [2.05, 4.69) is 10.3 Å². The Morgan fingerprint density at radius 3 is 2.73 bits per heavy atom. The zero-order valence-corrected chi connectivity index (χ0v) is 17.3. The van der Waals surface area contributed by atoms with Crippen molar-refractivity contribution in [1.82, 2.24) is 4.98 Å². The molecule has 0 aliphatic carbocycles. The number of anilines is 1. The lowest BCUT2D eigenvalue weighted by atomic mass is 10.1. The molecule has 0 bridgehead atoms. The third kappa shape index (κ3) is 4.80. The lowest BCUT2D eigenvalue weighted by Crippen LogP contribution is -2.14. The standard InChI is InChI=1S/C19H16Cl2N2OS2/c1-11-3-6-16(12(2)7-11)22-18(24)10-26-19-23-17(9-25-19)14-5-4-13(20)8-15(14)21/h3-9H,10H2,1-2H3,(H,22,24). The molecule has 1 N–H and O–H groups in total. The molecule has 3 aromatic rings. The fourth-order valence-electron chi connectivity index (χ4n) is 2.41. The summed E-state index contributed by atoms with van der Waals surface area (Å²) in [4.78, 5) is 16.8. The molecule has 7 heteroatoms. The molecule has 3 rings (SSSR count). The van der Waals surface area contributed by atoms with Crippen LogP contribution < -0.4 is 5.32 Å². The zero-order valence-electron chi connectivity index (χ0n) is 14.2. The average Bonchev–Trinajstić information content (AvgIpc) is 3.04. The third-order valence-electron chi connectivity index (χ3n) is 3.67. The van der Waals surface area contributed by atoms with E-state index >= 15 is 0 Å². The summed E-state index contributed by atoms with van der Waals surface area (Å²) in [6, 6.07) is 11.3. The topological polar surface area (TPSA) is 42.0 Å². The van der Waals surface area contributed by atoms with Gasteiger partial charge in [-0.3, -0.25) is 4.79 Å². The van der Waals surface area contributed by atoms with Gasteiger partial charge in [-0.2, -0.15) is 0 Å². The third-order valence-corrected chi connectivity index (χ3v) is 6.24. The van der Waals surface area contributed by atoms with E-state index in [9.17, 15) is 4.79 Å². The highest BCUT2D eigenvalue weighted by Crippen LogP contribution is 2.33. The van der Waals surface area contributed by atoms with Crippen molar-refractivity contribution in [2.24, 2.45) is 0 Å². The van der Waals surface area contributed by atoms with Gasteiger partial charge >= 0.3 is 0 Å². The van der Waals surface area contributed by atoms with Crippen molar-refractivity contribution in [2.45, 2.75) is 18.2 Å². The Hall–Kier alpha value is -1.53. The molecule has 0 saturated heterocycles. The lowest BCUT2D eigenvalue weighted by Gasteiger charge is -2.08. The van der Waals surface area contributed by atoms with Gasteiger partial charge in [-0.15, -0.1) is 11.3 Å². The molecular formula is C19H16Cl2N2OS2. The second-order valence-electron chi connectivity index (χ2n) is 5.78. The first-order valence-corrected chi connectivity index (χ1v) is 10.5. The van der Waals surface area contributed by atoms with Gasteiger partial charge in [0.25, 0.3) is 0 Å². The first kappa shape index (κ1) is 19.2. The molecule has 0 aliphatic rings. The molecule has 134 valence electrons. The first-order valence-electron chi connectivity index (χ1n) is 7.83. The zero-order chi connectivity index (χ0) is 18.7. The van der Waals surface area contributed by atoms with Gasteiger partial charge in [-0.1, -0.05) is 52.7 Å². The highest BCUT2D eigenvalue weighted by atomic mass is 35.5. The van der Waals surface area contributed by atoms with Gasteiger partial charge in [0, 0.05) is 21.7 Å². The molecule has 1 amide bonds. The number of aryl methyl sites for hydroxylation is 2. The Balaban J connectivity index is 1.61. The fourth-order valence-corrected chi connectivity index (χ4v) is 4.54. The van der Waals surface area contributed by atoms with Crippen LogP contribution in [0.15, 0.2) is 46.1 Å². The van der Waals surface area contributed by atoms with Crippen LogP contribution in [0.2, 0.25) is 10.0 Å². The van der Waals surface area contributed by atoms with E-state index in [0.29, 0.717) is 15.8 Å². The Morgan fingerprint density at radius 1 is 1.19 bits per heavy atom. The number of rotatable bonds is 5. The highest BCUT2D eigenvalue weighted by Gasteiger charge is 2.11. The normalized spacial score (nSPS) is 10.8. The number of thioether (sulfide) groups is 1. The highest BCUT2D eigenvalue weighted by molar-refractivity contribution is 8.01. The van der Waals surface area contributed by atoms with Crippen LogP contribution in [-0.2, 0) is 4.79 Å². The summed E-state index contributed by atoms with van der Waals surface area (Å²) in [5.74, 6) is 0.248. The number of carbonyl (C=O) groups excluding carboxylic acids is 1. The molecule has 26 heavy (non-hydrogen) atoms. The van der Waals surface area contributed by atoms with Crippen LogP contribution in [-0.4, -0.2) is 16.6 Å². The molecule has 1 aromatic heterocycles. The molecule has 0 saturated carbocycles. The van der Waals surface area contributed by atoms with Crippen LogP contribution in [0, 0.1) is 13.8 Å². The quantitative estimate of drug-likeness (QED) is 0.479. The van der Waals surface area contributed by atoms with Gasteiger partial charge in [-0.25, -0.2) is 4.98 Å². The summed E-state index contributed by atoms with van der Waals surface area (Å²) >= 11 is 15.1. The van der Waals surface area contributed by atoms with Crippen molar-refractivity contribution < 1.29 is 4.79 Å². The van der Waals surface area contributed by atoms with Crippen LogP contribution in [0.25, 0.3) is 11.3 Å². The smallest absolute Gasteiger partial charge is 0.234 e. The molecule has 0 atom stereocenters. The number of nitrogens with one attached hydrogen (secondary N) is 1. The number of thiazole rings is 1. The van der Waals surface area contributed by atoms with Crippen LogP contribution in [0.3, 0.4) is 0 Å². The summed E-state index contributed by atoms with van der Waals surface area (Å²) in [5, 5.41) is 6.02. The van der Waals surface area contributed by atoms with Crippen LogP contribution in [0.5, 0.6) is 0 Å². The summed E-state index contributed by atoms with van der Waals surface area (Å²) < 4.78 is 0.821. The monoisotopic (exact) mass is 422 g/mol. The van der Waals surface area contributed by atoms with Gasteiger partial charge in [0.15, 0.2) is 4.34 Å². The van der Waals surface area contributed by atoms with E-state index in [4.69, 9.17) is 23.2 Å². The van der Waals surface area contributed by atoms with Crippen LogP contribution in [0.4, 0.5) is 5.69 Å². The Morgan fingerprint density at radius 2 is 2.00 bits per heavy atom. The minimum absolute atomic E-state index is 0.0526. The predicted molar refractivity (Wildman–Crippen MR) is 113 cm³/mol. The average molecular weight is 423 g/mol. The van der Waals surface area contributed by atoms with Gasteiger partial charge in [0.1, 0.15) is 0 Å². The molecule has 2 aromatic carbocycles. The van der Waals surface area contributed by atoms with Crippen LogP contribution >= 0.6 is 46.3 Å². The van der Waals surface area contributed by atoms with E-state index in [-0.39, 0.29) is 5.91 Å². The van der Waals surface area contributed by atoms with Crippen molar-refractivity contribution in [2.75, 3.05) is 11.1 Å². The molecule has 0 fully saturated rings. The van der Waals surface area contributed by atoms with Gasteiger partial charge < -0.3 is 5.32 Å². The summed E-state index contributed by atoms with van der Waals surface area (Å²) in [6.45, 7) is 4.01. The van der Waals surface area contributed by atoms with E-state index in [0.717, 1.165) is 26.8 Å². The van der Waals surface area contributed by atoms with E-state index in [1.54, 1.807) is 12.1 Å². The SMILES string of the molecule is Cc1ccc(NC(=O)CSc2nc(-c3ccc(Cl)cc3Cl)cs2)c(C)c1. The number of halogens is 2. The van der Waals surface area contributed by atoms with Crippen molar-refractivity contribution in [1.29, 1.82) is 0 Å². The molecule has 0 aliphatic heterocycles. The summed E-state index contributed by atoms with van der Waals surface area (Å²) in [5.41, 5.74) is 4.69. The number of aromatic nitrogens is 1. The number of amides is 1. The van der Waals surface area contributed by atoms with E-state index < -0.39 is 0 Å². The van der Waals surface area contributed by atoms with E-state index in [1.807, 2.05) is 43.5 Å². The lowest BCUT2D eigenvalue weighted by molar-refractivity contribution is -0.113. The molecular weight excluding hydrogens is 407 g/mol. The predicted octanol–water partition coefficient (Wildman–Crippen LogP) is 6.46. The van der Waals surface area contributed by atoms with E-state index in [1.165, 1.54) is 28.7 Å². The largest absolute Gasteiger partial charge is 0.325 e. The number of benzene rings is 2. The fraction of sp³-hybridized carbons (Fsp3) is 0.158.